The molecule has 1 aliphatic heterocycles. The first-order valence-electron chi connectivity index (χ1n) is 6.45. The molecule has 92 valence electrons. The van der Waals surface area contributed by atoms with Gasteiger partial charge in [-0.05, 0) is 12.8 Å². The smallest absolute Gasteiger partial charge is 0.234 e. The standard InChI is InChI=1S/C12H22N2O2/c15-12(7-13-11-8-16-9-11)14-10-5-3-1-2-4-6-10/h10-11,13H,1-9H2,(H,14,15). The minimum Gasteiger partial charge on any atom is -0.378 e. The second-order valence-corrected chi connectivity index (χ2v) is 4.87. The van der Waals surface area contributed by atoms with Gasteiger partial charge in [0.05, 0.1) is 25.8 Å². The van der Waals surface area contributed by atoms with E-state index in [2.05, 4.69) is 10.6 Å². The highest BCUT2D eigenvalue weighted by molar-refractivity contribution is 5.78. The van der Waals surface area contributed by atoms with Crippen molar-refractivity contribution in [3.8, 4) is 0 Å². The minimum absolute atomic E-state index is 0.138. The van der Waals surface area contributed by atoms with E-state index in [0.29, 0.717) is 18.6 Å². The lowest BCUT2D eigenvalue weighted by molar-refractivity contribution is -0.121. The van der Waals surface area contributed by atoms with Gasteiger partial charge in [-0.3, -0.25) is 4.79 Å². The first-order chi connectivity index (χ1) is 7.84. The van der Waals surface area contributed by atoms with Gasteiger partial charge in [-0.15, -0.1) is 0 Å². The minimum atomic E-state index is 0.138. The van der Waals surface area contributed by atoms with Gasteiger partial charge in [0, 0.05) is 6.04 Å². The molecular formula is C12H22N2O2. The van der Waals surface area contributed by atoms with Gasteiger partial charge in [-0.2, -0.15) is 0 Å². The largest absolute Gasteiger partial charge is 0.378 e. The molecule has 0 aromatic carbocycles. The Morgan fingerprint density at radius 2 is 1.75 bits per heavy atom. The maximum atomic E-state index is 11.7. The normalized spacial score (nSPS) is 23.5. The van der Waals surface area contributed by atoms with Crippen LogP contribution in [-0.2, 0) is 9.53 Å². The van der Waals surface area contributed by atoms with Crippen molar-refractivity contribution in [1.29, 1.82) is 0 Å². The lowest BCUT2D eigenvalue weighted by atomic mass is 10.1. The number of carbonyl (C=O) groups excluding carboxylic acids is 1. The second-order valence-electron chi connectivity index (χ2n) is 4.87. The Kier molecular flexibility index (Phi) is 4.60. The summed E-state index contributed by atoms with van der Waals surface area (Å²) in [6, 6.07) is 0.800. The first kappa shape index (κ1) is 11.9. The lowest BCUT2D eigenvalue weighted by Gasteiger charge is -2.27. The van der Waals surface area contributed by atoms with Gasteiger partial charge in [0.15, 0.2) is 0 Å². The predicted molar refractivity (Wildman–Crippen MR) is 62.2 cm³/mol. The molecule has 4 heteroatoms. The van der Waals surface area contributed by atoms with Gasteiger partial charge < -0.3 is 15.4 Å². The molecule has 1 saturated heterocycles. The van der Waals surface area contributed by atoms with Crippen LogP contribution in [-0.4, -0.2) is 37.7 Å². The van der Waals surface area contributed by atoms with Crippen LogP contribution in [0.1, 0.15) is 38.5 Å². The summed E-state index contributed by atoms with van der Waals surface area (Å²) in [6.07, 6.45) is 7.47. The number of nitrogens with one attached hydrogen (secondary N) is 2. The summed E-state index contributed by atoms with van der Waals surface area (Å²) in [5, 5.41) is 6.31. The molecule has 2 N–H and O–H groups in total. The monoisotopic (exact) mass is 226 g/mol. The number of ether oxygens (including phenoxy) is 1. The van der Waals surface area contributed by atoms with Gasteiger partial charge in [0.1, 0.15) is 0 Å². The molecule has 0 bridgehead atoms. The van der Waals surface area contributed by atoms with Crippen LogP contribution in [0.25, 0.3) is 0 Å². The molecule has 1 heterocycles. The molecule has 0 aromatic rings. The molecule has 1 saturated carbocycles. The Labute approximate surface area is 97.1 Å². The van der Waals surface area contributed by atoms with Crippen molar-refractivity contribution in [2.24, 2.45) is 0 Å². The molecule has 2 aliphatic rings. The van der Waals surface area contributed by atoms with E-state index in [-0.39, 0.29) is 5.91 Å². The van der Waals surface area contributed by atoms with Crippen molar-refractivity contribution in [2.75, 3.05) is 19.8 Å². The average molecular weight is 226 g/mol. The van der Waals surface area contributed by atoms with E-state index in [1.54, 1.807) is 0 Å². The number of carbonyl (C=O) groups is 1. The Balaban J connectivity index is 1.60. The Morgan fingerprint density at radius 1 is 1.06 bits per heavy atom. The van der Waals surface area contributed by atoms with E-state index in [9.17, 15) is 4.79 Å². The average Bonchev–Trinajstić information content (AvgIpc) is 2.44. The van der Waals surface area contributed by atoms with Crippen molar-refractivity contribution in [3.63, 3.8) is 0 Å². The van der Waals surface area contributed by atoms with E-state index in [0.717, 1.165) is 26.1 Å². The van der Waals surface area contributed by atoms with Crippen molar-refractivity contribution in [3.05, 3.63) is 0 Å². The lowest BCUT2D eigenvalue weighted by Crippen LogP contribution is -2.50. The summed E-state index contributed by atoms with van der Waals surface area (Å²) < 4.78 is 5.04. The molecule has 0 aromatic heterocycles. The second kappa shape index (κ2) is 6.21. The number of hydrogen-bond acceptors (Lipinski definition) is 3. The fourth-order valence-electron chi connectivity index (χ4n) is 2.29. The first-order valence-corrected chi connectivity index (χ1v) is 6.45. The fourth-order valence-corrected chi connectivity index (χ4v) is 2.29. The molecule has 2 rings (SSSR count). The van der Waals surface area contributed by atoms with Crippen LogP contribution in [0.3, 0.4) is 0 Å². The zero-order chi connectivity index (χ0) is 11.2. The van der Waals surface area contributed by atoms with Crippen molar-refractivity contribution in [2.45, 2.75) is 50.6 Å². The van der Waals surface area contributed by atoms with E-state index in [1.807, 2.05) is 0 Å². The van der Waals surface area contributed by atoms with Gasteiger partial charge in [-0.25, -0.2) is 0 Å². The maximum Gasteiger partial charge on any atom is 0.234 e. The Hall–Kier alpha value is -0.610. The van der Waals surface area contributed by atoms with E-state index < -0.39 is 0 Å². The van der Waals surface area contributed by atoms with Crippen LogP contribution in [0.5, 0.6) is 0 Å². The highest BCUT2D eigenvalue weighted by Crippen LogP contribution is 2.16. The van der Waals surface area contributed by atoms with E-state index in [1.165, 1.54) is 25.7 Å². The van der Waals surface area contributed by atoms with Crippen molar-refractivity contribution >= 4 is 5.91 Å². The predicted octanol–water partition coefficient (Wildman–Crippen LogP) is 0.814. The third kappa shape index (κ3) is 3.76. The highest BCUT2D eigenvalue weighted by Gasteiger charge is 2.19. The van der Waals surface area contributed by atoms with Crippen molar-refractivity contribution in [1.82, 2.24) is 10.6 Å². The zero-order valence-corrected chi connectivity index (χ0v) is 9.84. The van der Waals surface area contributed by atoms with Gasteiger partial charge >= 0.3 is 0 Å². The summed E-state index contributed by atoms with van der Waals surface area (Å²) >= 11 is 0. The summed E-state index contributed by atoms with van der Waals surface area (Å²) in [6.45, 7) is 1.93. The maximum absolute atomic E-state index is 11.7. The van der Waals surface area contributed by atoms with Gasteiger partial charge in [0.2, 0.25) is 5.91 Å². The number of amides is 1. The molecule has 1 aliphatic carbocycles. The highest BCUT2D eigenvalue weighted by atomic mass is 16.5. The SMILES string of the molecule is O=C(CNC1COC1)NC1CCCCCC1. The fraction of sp³-hybridized carbons (Fsp3) is 0.917. The number of hydrogen-bond donors (Lipinski definition) is 2. The van der Waals surface area contributed by atoms with Crippen LogP contribution in [0.15, 0.2) is 0 Å². The quantitative estimate of drug-likeness (QED) is 0.698. The molecule has 16 heavy (non-hydrogen) atoms. The van der Waals surface area contributed by atoms with Crippen LogP contribution in [0.4, 0.5) is 0 Å². The van der Waals surface area contributed by atoms with Crippen LogP contribution >= 0.6 is 0 Å². The molecule has 2 fully saturated rings. The Bertz CT molecular complexity index is 221. The Morgan fingerprint density at radius 3 is 2.31 bits per heavy atom. The van der Waals surface area contributed by atoms with Crippen molar-refractivity contribution < 1.29 is 9.53 Å². The third-order valence-corrected chi connectivity index (χ3v) is 3.41. The molecule has 1 amide bonds. The summed E-state index contributed by atoms with van der Waals surface area (Å²) in [4.78, 5) is 11.7. The van der Waals surface area contributed by atoms with E-state index >= 15 is 0 Å². The molecule has 4 nitrogen and oxygen atoms in total. The van der Waals surface area contributed by atoms with Crippen LogP contribution in [0.2, 0.25) is 0 Å². The number of rotatable bonds is 4. The molecule has 0 radical (unpaired) electrons. The summed E-state index contributed by atoms with van der Waals surface area (Å²) in [5.41, 5.74) is 0. The third-order valence-electron chi connectivity index (χ3n) is 3.41. The van der Waals surface area contributed by atoms with E-state index in [4.69, 9.17) is 4.74 Å². The zero-order valence-electron chi connectivity index (χ0n) is 9.84. The molecule has 0 atom stereocenters. The topological polar surface area (TPSA) is 50.4 Å². The molecule has 0 unspecified atom stereocenters. The summed E-state index contributed by atoms with van der Waals surface area (Å²) in [7, 11) is 0. The molecule has 0 spiro atoms. The van der Waals surface area contributed by atoms with Crippen LogP contribution in [0, 0.1) is 0 Å². The van der Waals surface area contributed by atoms with Gasteiger partial charge in [0.25, 0.3) is 0 Å². The molecular weight excluding hydrogens is 204 g/mol. The van der Waals surface area contributed by atoms with Crippen LogP contribution < -0.4 is 10.6 Å². The van der Waals surface area contributed by atoms with Gasteiger partial charge in [-0.1, -0.05) is 25.7 Å². The summed E-state index contributed by atoms with van der Waals surface area (Å²) in [5.74, 6) is 0.138.